The topological polar surface area (TPSA) is 78.3 Å². The Morgan fingerprint density at radius 3 is 2.48 bits per heavy atom. The maximum absolute atomic E-state index is 5.97. The van der Waals surface area contributed by atoms with Crippen molar-refractivity contribution in [3.8, 4) is 5.82 Å². The third-order valence-corrected chi connectivity index (χ3v) is 3.78. The van der Waals surface area contributed by atoms with Crippen LogP contribution in [-0.4, -0.2) is 20.6 Å². The molecule has 1 aromatic carbocycles. The molecule has 0 saturated heterocycles. The van der Waals surface area contributed by atoms with E-state index in [4.69, 9.17) is 10.6 Å². The molecule has 0 aliphatic heterocycles. The van der Waals surface area contributed by atoms with Crippen molar-refractivity contribution in [2.75, 3.05) is 0 Å². The largest absolute Gasteiger partial charge is 0.389 e. The van der Waals surface area contributed by atoms with Gasteiger partial charge in [0.15, 0.2) is 11.7 Å². The fourth-order valence-corrected chi connectivity index (χ4v) is 2.44. The predicted molar refractivity (Wildman–Crippen MR) is 97.5 cm³/mol. The van der Waals surface area contributed by atoms with E-state index < -0.39 is 0 Å². The summed E-state index contributed by atoms with van der Waals surface area (Å²) in [4.78, 5) is 9.73. The van der Waals surface area contributed by atoms with E-state index in [9.17, 15) is 0 Å². The van der Waals surface area contributed by atoms with Crippen molar-refractivity contribution in [3.05, 3.63) is 76.7 Å². The van der Waals surface area contributed by atoms with Crippen LogP contribution in [-0.2, 0) is 11.4 Å². The molecule has 6 heteroatoms. The molecule has 0 fully saturated rings. The van der Waals surface area contributed by atoms with Crippen LogP contribution in [0, 0.1) is 20.8 Å². The Morgan fingerprint density at radius 2 is 1.88 bits per heavy atom. The molecule has 0 bridgehead atoms. The van der Waals surface area contributed by atoms with E-state index in [1.165, 1.54) is 5.56 Å². The summed E-state index contributed by atoms with van der Waals surface area (Å²) >= 11 is 0. The highest BCUT2D eigenvalue weighted by atomic mass is 16.6. The number of aryl methyl sites for hydroxylation is 3. The fraction of sp³-hybridized carbons (Fsp3) is 0.211. The van der Waals surface area contributed by atoms with E-state index in [-0.39, 0.29) is 0 Å². The Labute approximate surface area is 146 Å². The molecule has 0 radical (unpaired) electrons. The number of aromatic nitrogens is 3. The van der Waals surface area contributed by atoms with Crippen LogP contribution >= 0.6 is 0 Å². The van der Waals surface area contributed by atoms with Crippen molar-refractivity contribution >= 4 is 5.84 Å². The normalized spacial score (nSPS) is 11.6. The van der Waals surface area contributed by atoms with E-state index in [1.807, 2.05) is 63.2 Å². The molecule has 25 heavy (non-hydrogen) atoms. The number of nitrogens with two attached hydrogens (primary N) is 1. The molecule has 128 valence electrons. The molecule has 2 aromatic heterocycles. The standard InChI is InChI=1S/C19H21N5O/c1-13-4-6-16(7-5-13)12-25-23-19(20)17-8-9-18(21-11-17)24-15(3)10-14(2)22-24/h4-11H,12H2,1-3H3,(H2,20,23). The molecule has 0 aliphatic rings. The SMILES string of the molecule is Cc1ccc(CON=C(N)c2ccc(-n3nc(C)cc3C)nc2)cc1. The molecule has 3 rings (SSSR count). The predicted octanol–water partition coefficient (Wildman–Crippen LogP) is 3.03. The Hall–Kier alpha value is -3.15. The van der Waals surface area contributed by atoms with Crippen molar-refractivity contribution in [3.63, 3.8) is 0 Å². The van der Waals surface area contributed by atoms with Gasteiger partial charge in [-0.1, -0.05) is 35.0 Å². The molecule has 0 amide bonds. The van der Waals surface area contributed by atoms with Crippen LogP contribution in [0.1, 0.15) is 28.1 Å². The molecule has 0 atom stereocenters. The first-order valence-electron chi connectivity index (χ1n) is 8.04. The second kappa shape index (κ2) is 7.17. The summed E-state index contributed by atoms with van der Waals surface area (Å²) in [6.45, 7) is 6.36. The number of oxime groups is 1. The number of nitrogens with zero attached hydrogens (tertiary/aromatic N) is 4. The third kappa shape index (κ3) is 4.03. The van der Waals surface area contributed by atoms with Gasteiger partial charge in [-0.2, -0.15) is 5.10 Å². The summed E-state index contributed by atoms with van der Waals surface area (Å²) in [6, 6.07) is 13.8. The van der Waals surface area contributed by atoms with Gasteiger partial charge in [-0.05, 0) is 44.5 Å². The molecule has 0 spiro atoms. The Balaban J connectivity index is 1.66. The molecule has 6 nitrogen and oxygen atoms in total. The number of benzene rings is 1. The lowest BCUT2D eigenvalue weighted by Crippen LogP contribution is -2.15. The van der Waals surface area contributed by atoms with Gasteiger partial charge in [-0.15, -0.1) is 0 Å². The zero-order valence-electron chi connectivity index (χ0n) is 14.6. The second-order valence-corrected chi connectivity index (χ2v) is 5.98. The number of hydrogen-bond donors (Lipinski definition) is 1. The van der Waals surface area contributed by atoms with Crippen LogP contribution in [0.25, 0.3) is 5.82 Å². The minimum absolute atomic E-state index is 0.291. The molecule has 2 N–H and O–H groups in total. The third-order valence-electron chi connectivity index (χ3n) is 3.78. The van der Waals surface area contributed by atoms with Gasteiger partial charge < -0.3 is 10.6 Å². The van der Waals surface area contributed by atoms with Gasteiger partial charge in [0.1, 0.15) is 6.61 Å². The second-order valence-electron chi connectivity index (χ2n) is 5.98. The van der Waals surface area contributed by atoms with Crippen molar-refractivity contribution < 1.29 is 4.84 Å². The smallest absolute Gasteiger partial charge is 0.171 e. The Morgan fingerprint density at radius 1 is 1.12 bits per heavy atom. The molecular weight excluding hydrogens is 314 g/mol. The summed E-state index contributed by atoms with van der Waals surface area (Å²) in [6.07, 6.45) is 1.67. The summed E-state index contributed by atoms with van der Waals surface area (Å²) in [5.74, 6) is 1.03. The minimum atomic E-state index is 0.291. The Bertz CT molecular complexity index is 879. The number of hydrogen-bond acceptors (Lipinski definition) is 4. The monoisotopic (exact) mass is 335 g/mol. The van der Waals surface area contributed by atoms with E-state index in [0.717, 1.165) is 22.8 Å². The van der Waals surface area contributed by atoms with Gasteiger partial charge in [0.05, 0.1) is 5.69 Å². The van der Waals surface area contributed by atoms with E-state index in [2.05, 4.69) is 15.2 Å². The summed E-state index contributed by atoms with van der Waals surface area (Å²) < 4.78 is 1.79. The molecule has 0 saturated carbocycles. The first kappa shape index (κ1) is 16.7. The summed E-state index contributed by atoms with van der Waals surface area (Å²) in [5, 5.41) is 8.38. The van der Waals surface area contributed by atoms with Crippen LogP contribution in [0.4, 0.5) is 0 Å². The molecule has 3 aromatic rings. The van der Waals surface area contributed by atoms with E-state index in [0.29, 0.717) is 18.0 Å². The van der Waals surface area contributed by atoms with Crippen molar-refractivity contribution in [2.45, 2.75) is 27.4 Å². The van der Waals surface area contributed by atoms with Crippen molar-refractivity contribution in [1.29, 1.82) is 0 Å². The zero-order chi connectivity index (χ0) is 17.8. The van der Waals surface area contributed by atoms with Crippen LogP contribution in [0.15, 0.2) is 53.8 Å². The number of amidine groups is 1. The highest BCUT2D eigenvalue weighted by Gasteiger charge is 2.06. The van der Waals surface area contributed by atoms with E-state index in [1.54, 1.807) is 10.9 Å². The van der Waals surface area contributed by atoms with Gasteiger partial charge in [-0.25, -0.2) is 9.67 Å². The first-order valence-corrected chi connectivity index (χ1v) is 8.04. The lowest BCUT2D eigenvalue weighted by atomic mass is 10.2. The first-order chi connectivity index (χ1) is 12.0. The molecular formula is C19H21N5O. The molecule has 2 heterocycles. The van der Waals surface area contributed by atoms with Gasteiger partial charge in [-0.3, -0.25) is 0 Å². The lowest BCUT2D eigenvalue weighted by molar-refractivity contribution is 0.130. The average molecular weight is 335 g/mol. The summed E-state index contributed by atoms with van der Waals surface area (Å²) in [7, 11) is 0. The lowest BCUT2D eigenvalue weighted by Gasteiger charge is -2.05. The van der Waals surface area contributed by atoms with Gasteiger partial charge in [0.2, 0.25) is 0 Å². The Kier molecular flexibility index (Phi) is 4.79. The summed E-state index contributed by atoms with van der Waals surface area (Å²) in [5.41, 5.74) is 10.9. The van der Waals surface area contributed by atoms with Crippen LogP contribution in [0.5, 0.6) is 0 Å². The molecule has 0 unspecified atom stereocenters. The van der Waals surface area contributed by atoms with Gasteiger partial charge in [0.25, 0.3) is 0 Å². The van der Waals surface area contributed by atoms with Gasteiger partial charge >= 0.3 is 0 Å². The number of rotatable bonds is 5. The van der Waals surface area contributed by atoms with Crippen LogP contribution in [0.3, 0.4) is 0 Å². The van der Waals surface area contributed by atoms with E-state index >= 15 is 0 Å². The zero-order valence-corrected chi connectivity index (χ0v) is 14.6. The minimum Gasteiger partial charge on any atom is -0.389 e. The van der Waals surface area contributed by atoms with Gasteiger partial charge in [0, 0.05) is 17.5 Å². The maximum Gasteiger partial charge on any atom is 0.171 e. The van der Waals surface area contributed by atoms with Crippen LogP contribution < -0.4 is 5.73 Å². The highest BCUT2D eigenvalue weighted by molar-refractivity contribution is 5.96. The average Bonchev–Trinajstić information content (AvgIpc) is 2.95. The van der Waals surface area contributed by atoms with Crippen molar-refractivity contribution in [1.82, 2.24) is 14.8 Å². The number of pyridine rings is 1. The highest BCUT2D eigenvalue weighted by Crippen LogP contribution is 2.10. The molecule has 0 aliphatic carbocycles. The maximum atomic E-state index is 5.97. The fourth-order valence-electron chi connectivity index (χ4n) is 2.44. The van der Waals surface area contributed by atoms with Crippen LogP contribution in [0.2, 0.25) is 0 Å². The quantitative estimate of drug-likeness (QED) is 0.442. The van der Waals surface area contributed by atoms with Crippen molar-refractivity contribution in [2.24, 2.45) is 10.9 Å².